The highest BCUT2D eigenvalue weighted by molar-refractivity contribution is 5.79. The van der Waals surface area contributed by atoms with Gasteiger partial charge in [0, 0.05) is 0 Å². The largest absolute Gasteiger partial charge is 0.465 e. The molecule has 0 heterocycles. The number of fused-ring (bicyclic) bond motifs is 5. The summed E-state index contributed by atoms with van der Waals surface area (Å²) >= 11 is 0. The highest BCUT2D eigenvalue weighted by atomic mass is 16.5. The zero-order valence-corrected chi connectivity index (χ0v) is 22.6. The van der Waals surface area contributed by atoms with Gasteiger partial charge < -0.3 is 9.47 Å². The molecule has 5 rings (SSSR count). The maximum Gasteiger partial charge on any atom is 0.315 e. The molecule has 0 saturated heterocycles. The highest BCUT2D eigenvalue weighted by Gasteiger charge is 2.60. The van der Waals surface area contributed by atoms with E-state index in [4.69, 9.17) is 9.47 Å². The van der Waals surface area contributed by atoms with Gasteiger partial charge in [0.05, 0.1) is 24.7 Å². The van der Waals surface area contributed by atoms with E-state index in [1.165, 1.54) is 49.7 Å². The Morgan fingerprint density at radius 3 is 2.49 bits per heavy atom. The van der Waals surface area contributed by atoms with Crippen molar-refractivity contribution in [2.75, 3.05) is 6.61 Å². The van der Waals surface area contributed by atoms with Crippen LogP contribution in [0.4, 0.5) is 0 Å². The number of rotatable bonds is 6. The lowest BCUT2D eigenvalue weighted by atomic mass is 9.45. The minimum atomic E-state index is -0.506. The second-order valence-corrected chi connectivity index (χ2v) is 13.0. The topological polar surface area (TPSA) is 35.5 Å². The SMILES string of the molecule is CCOC(=O)C(C)(C)C1=CC[C@@]2(C)[C@@H](CC[C@@H]3[C@H]4CC[C@H](OCc5ccccc5)[C@@]4(C)CC[C@@H]32)C1. The van der Waals surface area contributed by atoms with Gasteiger partial charge in [-0.15, -0.1) is 0 Å². The Labute approximate surface area is 213 Å². The third-order valence-corrected chi connectivity index (χ3v) is 11.1. The summed E-state index contributed by atoms with van der Waals surface area (Å²) in [6, 6.07) is 10.7. The minimum absolute atomic E-state index is 0.0653. The molecule has 4 aliphatic rings. The third-order valence-electron chi connectivity index (χ3n) is 11.1. The molecule has 7 atom stereocenters. The van der Waals surface area contributed by atoms with Crippen molar-refractivity contribution in [3.05, 3.63) is 47.5 Å². The lowest BCUT2D eigenvalue weighted by molar-refractivity contribution is -0.152. The summed E-state index contributed by atoms with van der Waals surface area (Å²) in [6.45, 7) is 12.4. The van der Waals surface area contributed by atoms with Crippen LogP contribution >= 0.6 is 0 Å². The van der Waals surface area contributed by atoms with E-state index in [0.717, 1.165) is 37.2 Å². The van der Waals surface area contributed by atoms with Gasteiger partial charge in [-0.1, -0.05) is 55.8 Å². The molecule has 1 aromatic carbocycles. The van der Waals surface area contributed by atoms with Crippen LogP contribution in [0.3, 0.4) is 0 Å². The van der Waals surface area contributed by atoms with Gasteiger partial charge in [-0.25, -0.2) is 0 Å². The van der Waals surface area contributed by atoms with Crippen molar-refractivity contribution < 1.29 is 14.3 Å². The number of ether oxygens (including phenoxy) is 2. The van der Waals surface area contributed by atoms with Gasteiger partial charge in [0.15, 0.2) is 0 Å². The summed E-state index contributed by atoms with van der Waals surface area (Å²) in [6.07, 6.45) is 12.8. The van der Waals surface area contributed by atoms with Crippen LogP contribution in [0, 0.1) is 39.9 Å². The second-order valence-electron chi connectivity index (χ2n) is 13.0. The first-order valence-corrected chi connectivity index (χ1v) is 14.2. The number of hydrogen-bond acceptors (Lipinski definition) is 3. The van der Waals surface area contributed by atoms with Crippen molar-refractivity contribution in [2.45, 2.75) is 98.7 Å². The fourth-order valence-corrected chi connectivity index (χ4v) is 8.83. The van der Waals surface area contributed by atoms with Crippen LogP contribution in [0.25, 0.3) is 0 Å². The second kappa shape index (κ2) is 9.36. The van der Waals surface area contributed by atoms with E-state index in [-0.39, 0.29) is 5.97 Å². The molecule has 192 valence electrons. The molecule has 1 aromatic rings. The van der Waals surface area contributed by atoms with E-state index in [1.54, 1.807) is 0 Å². The van der Waals surface area contributed by atoms with Gasteiger partial charge in [-0.2, -0.15) is 0 Å². The Balaban J connectivity index is 1.30. The predicted octanol–water partition coefficient (Wildman–Crippen LogP) is 7.74. The quantitative estimate of drug-likeness (QED) is 0.310. The molecule has 3 heteroatoms. The van der Waals surface area contributed by atoms with Crippen molar-refractivity contribution >= 4 is 5.97 Å². The lowest BCUT2D eigenvalue weighted by Gasteiger charge is -2.60. The monoisotopic (exact) mass is 478 g/mol. The molecule has 0 N–H and O–H groups in total. The van der Waals surface area contributed by atoms with Gasteiger partial charge in [-0.05, 0) is 112 Å². The van der Waals surface area contributed by atoms with Crippen LogP contribution in [0.2, 0.25) is 0 Å². The summed E-state index contributed by atoms with van der Waals surface area (Å²) in [5.74, 6) is 3.04. The first-order chi connectivity index (χ1) is 16.7. The molecule has 3 saturated carbocycles. The molecule has 3 nitrogen and oxygen atoms in total. The molecule has 4 aliphatic carbocycles. The van der Waals surface area contributed by atoms with E-state index in [9.17, 15) is 4.79 Å². The first kappa shape index (κ1) is 25.1. The van der Waals surface area contributed by atoms with E-state index in [0.29, 0.717) is 29.5 Å². The summed E-state index contributed by atoms with van der Waals surface area (Å²) in [7, 11) is 0. The Morgan fingerprint density at radius 2 is 1.74 bits per heavy atom. The summed E-state index contributed by atoms with van der Waals surface area (Å²) in [5.41, 5.74) is 2.78. The third kappa shape index (κ3) is 4.20. The average Bonchev–Trinajstić information content (AvgIpc) is 3.19. The number of esters is 1. The number of carbonyl (C=O) groups excluding carboxylic acids is 1. The molecular formula is C32H46O3. The van der Waals surface area contributed by atoms with E-state index < -0.39 is 5.41 Å². The first-order valence-electron chi connectivity index (χ1n) is 14.2. The summed E-state index contributed by atoms with van der Waals surface area (Å²) in [4.78, 5) is 12.7. The standard InChI is InChI=1S/C32H46O3/c1-6-34-29(33)30(2,3)23-16-18-31(4)24(20-23)12-13-25-26-14-15-28(32(26,5)19-17-27(25)31)35-21-22-10-8-7-9-11-22/h7-11,16,24-28H,6,12-15,17-21H2,1-5H3/t24-,25+,26+,27-,28-,31-,32-/m0/s1. The molecule has 0 spiro atoms. The number of allylic oxidation sites excluding steroid dienone is 1. The molecule has 3 fully saturated rings. The van der Waals surface area contributed by atoms with Crippen LogP contribution in [-0.2, 0) is 20.9 Å². The zero-order valence-electron chi connectivity index (χ0n) is 22.6. The molecule has 0 radical (unpaired) electrons. The maximum atomic E-state index is 12.7. The summed E-state index contributed by atoms with van der Waals surface area (Å²) < 4.78 is 12.0. The van der Waals surface area contributed by atoms with Crippen molar-refractivity contribution in [1.29, 1.82) is 0 Å². The van der Waals surface area contributed by atoms with E-state index >= 15 is 0 Å². The van der Waals surface area contributed by atoms with Gasteiger partial charge >= 0.3 is 5.97 Å². The number of benzene rings is 1. The van der Waals surface area contributed by atoms with Crippen LogP contribution in [0.1, 0.15) is 91.5 Å². The minimum Gasteiger partial charge on any atom is -0.465 e. The van der Waals surface area contributed by atoms with Crippen molar-refractivity contribution in [1.82, 2.24) is 0 Å². The Hall–Kier alpha value is -1.61. The molecule has 35 heavy (non-hydrogen) atoms. The number of carbonyl (C=O) groups is 1. The van der Waals surface area contributed by atoms with Gasteiger partial charge in [0.2, 0.25) is 0 Å². The number of hydrogen-bond donors (Lipinski definition) is 0. The van der Waals surface area contributed by atoms with Crippen molar-refractivity contribution in [3.8, 4) is 0 Å². The van der Waals surface area contributed by atoms with E-state index in [1.807, 2.05) is 6.92 Å². The molecule has 0 aliphatic heterocycles. The van der Waals surface area contributed by atoms with Gasteiger partial charge in [0.25, 0.3) is 0 Å². The molecule has 0 unspecified atom stereocenters. The predicted molar refractivity (Wildman–Crippen MR) is 141 cm³/mol. The average molecular weight is 479 g/mol. The van der Waals surface area contributed by atoms with Crippen LogP contribution < -0.4 is 0 Å². The molecular weight excluding hydrogens is 432 g/mol. The molecule has 0 aromatic heterocycles. The van der Waals surface area contributed by atoms with Crippen molar-refractivity contribution in [2.24, 2.45) is 39.9 Å². The molecule has 0 bridgehead atoms. The summed E-state index contributed by atoms with van der Waals surface area (Å²) in [5, 5.41) is 0. The Kier molecular flexibility index (Phi) is 6.70. The van der Waals surface area contributed by atoms with Crippen LogP contribution in [0.15, 0.2) is 42.0 Å². The molecule has 0 amide bonds. The van der Waals surface area contributed by atoms with Gasteiger partial charge in [-0.3, -0.25) is 4.79 Å². The van der Waals surface area contributed by atoms with Gasteiger partial charge in [0.1, 0.15) is 0 Å². The fraction of sp³-hybridized carbons (Fsp3) is 0.719. The fourth-order valence-electron chi connectivity index (χ4n) is 8.83. The van der Waals surface area contributed by atoms with Crippen LogP contribution in [-0.4, -0.2) is 18.7 Å². The highest BCUT2D eigenvalue weighted by Crippen LogP contribution is 2.67. The zero-order chi connectivity index (χ0) is 24.8. The maximum absolute atomic E-state index is 12.7. The van der Waals surface area contributed by atoms with Crippen LogP contribution in [0.5, 0.6) is 0 Å². The van der Waals surface area contributed by atoms with Crippen molar-refractivity contribution in [3.63, 3.8) is 0 Å². The van der Waals surface area contributed by atoms with E-state index in [2.05, 4.69) is 64.1 Å². The lowest BCUT2D eigenvalue weighted by Crippen LogP contribution is -2.53. The Bertz CT molecular complexity index is 949. The Morgan fingerprint density at radius 1 is 1.00 bits per heavy atom. The smallest absolute Gasteiger partial charge is 0.315 e. The normalized spacial score (nSPS) is 38.7.